The van der Waals surface area contributed by atoms with Gasteiger partial charge in [-0.1, -0.05) is 30.7 Å². The summed E-state index contributed by atoms with van der Waals surface area (Å²) in [4.78, 5) is 10.9. The number of carbonyl (C=O) groups excluding carboxylic acids is 1. The normalized spacial score (nSPS) is 27.8. The molecule has 17 heavy (non-hydrogen) atoms. The van der Waals surface area contributed by atoms with Crippen LogP contribution in [0.5, 0.6) is 0 Å². The van der Waals surface area contributed by atoms with Crippen molar-refractivity contribution in [3.63, 3.8) is 0 Å². The van der Waals surface area contributed by atoms with Gasteiger partial charge in [0.25, 0.3) is 0 Å². The summed E-state index contributed by atoms with van der Waals surface area (Å²) in [6.45, 7) is 1.61. The topological polar surface area (TPSA) is 51.2 Å². The fourth-order valence-electron chi connectivity index (χ4n) is 2.22. The molecule has 1 aromatic rings. The van der Waals surface area contributed by atoms with Gasteiger partial charge >= 0.3 is 0 Å². The van der Waals surface area contributed by atoms with Gasteiger partial charge in [0.05, 0.1) is 5.25 Å². The van der Waals surface area contributed by atoms with Gasteiger partial charge in [-0.05, 0) is 17.7 Å². The highest BCUT2D eigenvalue weighted by molar-refractivity contribution is 7.92. The Morgan fingerprint density at radius 3 is 2.35 bits per heavy atom. The summed E-state index contributed by atoms with van der Waals surface area (Å²) in [6.07, 6.45) is 0.747. The fraction of sp³-hybridized carbons (Fsp3) is 0.417. The van der Waals surface area contributed by atoms with Crippen LogP contribution in [0.15, 0.2) is 24.3 Å². The first-order chi connectivity index (χ1) is 8.01. The number of hydrogen-bond acceptors (Lipinski definition) is 3. The number of sulfone groups is 1. The first-order valence-electron chi connectivity index (χ1n) is 5.43. The molecule has 1 aromatic carbocycles. The smallest absolute Gasteiger partial charge is 0.154 e. The standard InChI is InChI=1S/C12H13ClO3S/c1-2-17(15,16)12-10(7-14)11(12)8-3-5-9(13)6-4-8/h3-7,10-12H,2H2,1H3/t10-,11+,12-/m1/s1. The lowest BCUT2D eigenvalue weighted by Gasteiger charge is -2.00. The predicted octanol–water partition coefficient (Wildman–Crippen LogP) is 2.06. The van der Waals surface area contributed by atoms with E-state index in [4.69, 9.17) is 11.6 Å². The van der Waals surface area contributed by atoms with E-state index in [1.807, 2.05) is 0 Å². The molecule has 0 unspecified atom stereocenters. The minimum absolute atomic E-state index is 0.0755. The minimum Gasteiger partial charge on any atom is -0.303 e. The maximum atomic E-state index is 11.8. The maximum Gasteiger partial charge on any atom is 0.154 e. The maximum absolute atomic E-state index is 11.8. The molecule has 0 spiro atoms. The Balaban J connectivity index is 2.29. The summed E-state index contributed by atoms with van der Waals surface area (Å²) in [7, 11) is -3.16. The number of hydrogen-bond donors (Lipinski definition) is 0. The van der Waals surface area contributed by atoms with Crippen molar-refractivity contribution in [3.05, 3.63) is 34.9 Å². The largest absolute Gasteiger partial charge is 0.303 e. The first-order valence-corrected chi connectivity index (χ1v) is 7.53. The molecule has 92 valence electrons. The molecule has 1 aliphatic carbocycles. The summed E-state index contributed by atoms with van der Waals surface area (Å²) in [5.41, 5.74) is 0.869. The van der Waals surface area contributed by atoms with Crippen LogP contribution in [0.25, 0.3) is 0 Å². The van der Waals surface area contributed by atoms with Gasteiger partial charge in [-0.2, -0.15) is 0 Å². The molecule has 5 heteroatoms. The highest BCUT2D eigenvalue weighted by Crippen LogP contribution is 2.51. The average Bonchev–Trinajstić information content (AvgIpc) is 3.05. The van der Waals surface area contributed by atoms with Crippen LogP contribution >= 0.6 is 11.6 Å². The number of halogens is 1. The molecule has 1 saturated carbocycles. The zero-order chi connectivity index (χ0) is 12.6. The third-order valence-corrected chi connectivity index (χ3v) is 5.73. The Bertz CT molecular complexity index is 521. The summed E-state index contributed by atoms with van der Waals surface area (Å²) in [5.74, 6) is -0.526. The highest BCUT2D eigenvalue weighted by atomic mass is 35.5. The van der Waals surface area contributed by atoms with Crippen molar-refractivity contribution in [2.45, 2.75) is 18.1 Å². The molecule has 3 nitrogen and oxygen atoms in total. The molecular formula is C12H13ClO3S. The molecule has 3 atom stereocenters. The molecule has 0 N–H and O–H groups in total. The first kappa shape index (κ1) is 12.6. The van der Waals surface area contributed by atoms with Crippen LogP contribution < -0.4 is 0 Å². The zero-order valence-electron chi connectivity index (χ0n) is 9.34. The zero-order valence-corrected chi connectivity index (χ0v) is 10.9. The Hall–Kier alpha value is -0.870. The van der Waals surface area contributed by atoms with Crippen molar-refractivity contribution >= 4 is 27.7 Å². The summed E-state index contributed by atoms with van der Waals surface area (Å²) in [5, 5.41) is 0.0538. The van der Waals surface area contributed by atoms with E-state index in [2.05, 4.69) is 0 Å². The molecule has 0 heterocycles. The van der Waals surface area contributed by atoms with Gasteiger partial charge in [-0.3, -0.25) is 0 Å². The van der Waals surface area contributed by atoms with E-state index >= 15 is 0 Å². The Morgan fingerprint density at radius 2 is 1.88 bits per heavy atom. The van der Waals surface area contributed by atoms with Crippen LogP contribution in [0.1, 0.15) is 18.4 Å². The predicted molar refractivity (Wildman–Crippen MR) is 67.0 cm³/mol. The summed E-state index contributed by atoms with van der Waals surface area (Å²) in [6, 6.07) is 7.00. The lowest BCUT2D eigenvalue weighted by atomic mass is 10.1. The average molecular weight is 273 g/mol. The van der Waals surface area contributed by atoms with Gasteiger partial charge in [0.1, 0.15) is 6.29 Å². The Labute approximate surface area is 106 Å². The lowest BCUT2D eigenvalue weighted by Crippen LogP contribution is -2.12. The second-order valence-corrected chi connectivity index (χ2v) is 7.09. The van der Waals surface area contributed by atoms with Crippen LogP contribution in [0.3, 0.4) is 0 Å². The van der Waals surface area contributed by atoms with E-state index in [1.165, 1.54) is 0 Å². The minimum atomic E-state index is -3.16. The molecule has 0 amide bonds. The van der Waals surface area contributed by atoms with Crippen molar-refractivity contribution in [1.82, 2.24) is 0 Å². The van der Waals surface area contributed by atoms with Crippen LogP contribution in [0.2, 0.25) is 5.02 Å². The van der Waals surface area contributed by atoms with E-state index in [9.17, 15) is 13.2 Å². The van der Waals surface area contributed by atoms with Gasteiger partial charge in [-0.25, -0.2) is 8.42 Å². The number of aldehydes is 1. The van der Waals surface area contributed by atoms with E-state index in [-0.39, 0.29) is 11.7 Å². The SMILES string of the molecule is CCS(=O)(=O)[C@@H]1[C@H](C=O)[C@@H]1c1ccc(Cl)cc1. The van der Waals surface area contributed by atoms with Crippen LogP contribution in [-0.4, -0.2) is 25.7 Å². The monoisotopic (exact) mass is 272 g/mol. The number of carbonyl (C=O) groups is 1. The third-order valence-electron chi connectivity index (χ3n) is 3.24. The van der Waals surface area contributed by atoms with Gasteiger partial charge in [0.15, 0.2) is 9.84 Å². The fourth-order valence-corrected chi connectivity index (χ4v) is 4.14. The number of benzene rings is 1. The van der Waals surface area contributed by atoms with Crippen molar-refractivity contribution in [1.29, 1.82) is 0 Å². The molecule has 1 aliphatic rings. The molecule has 0 aromatic heterocycles. The number of rotatable bonds is 4. The van der Waals surface area contributed by atoms with Gasteiger partial charge in [0.2, 0.25) is 0 Å². The Kier molecular flexibility index (Phi) is 3.27. The van der Waals surface area contributed by atoms with Crippen molar-refractivity contribution in [2.24, 2.45) is 5.92 Å². The second kappa shape index (κ2) is 4.42. The molecule has 1 fully saturated rings. The van der Waals surface area contributed by atoms with E-state index in [0.29, 0.717) is 5.02 Å². The van der Waals surface area contributed by atoms with Gasteiger partial charge < -0.3 is 4.79 Å². The molecule has 0 radical (unpaired) electrons. The van der Waals surface area contributed by atoms with Gasteiger partial charge in [-0.15, -0.1) is 0 Å². The molecule has 2 rings (SSSR count). The second-order valence-electron chi connectivity index (χ2n) is 4.21. The van der Waals surface area contributed by atoms with Gasteiger partial charge in [0, 0.05) is 22.6 Å². The molecule has 0 saturated heterocycles. The molecule has 0 bridgehead atoms. The summed E-state index contributed by atoms with van der Waals surface area (Å²) < 4.78 is 23.6. The van der Waals surface area contributed by atoms with E-state index in [1.54, 1.807) is 31.2 Å². The van der Waals surface area contributed by atoms with Crippen molar-refractivity contribution in [3.8, 4) is 0 Å². The quantitative estimate of drug-likeness (QED) is 0.789. The molecular weight excluding hydrogens is 260 g/mol. The van der Waals surface area contributed by atoms with E-state index < -0.39 is 21.0 Å². The van der Waals surface area contributed by atoms with Crippen LogP contribution in [0.4, 0.5) is 0 Å². The summed E-state index contributed by atoms with van der Waals surface area (Å²) >= 11 is 5.77. The van der Waals surface area contributed by atoms with Crippen molar-refractivity contribution in [2.75, 3.05) is 5.75 Å². The van der Waals surface area contributed by atoms with Crippen LogP contribution in [0, 0.1) is 5.92 Å². The highest BCUT2D eigenvalue weighted by Gasteiger charge is 2.57. The third kappa shape index (κ3) is 2.24. The molecule has 0 aliphatic heterocycles. The van der Waals surface area contributed by atoms with E-state index in [0.717, 1.165) is 11.8 Å². The lowest BCUT2D eigenvalue weighted by molar-refractivity contribution is -0.108. The van der Waals surface area contributed by atoms with Crippen molar-refractivity contribution < 1.29 is 13.2 Å². The van der Waals surface area contributed by atoms with Crippen LogP contribution in [-0.2, 0) is 14.6 Å². The Morgan fingerprint density at radius 1 is 1.29 bits per heavy atom.